The molecule has 0 aliphatic rings. The Morgan fingerprint density at radius 3 is 1.20 bits per heavy atom. The van der Waals surface area contributed by atoms with E-state index in [-0.39, 0.29) is 38.6 Å². The molecule has 406 valence electrons. The maximum atomic E-state index is 12.9. The van der Waals surface area contributed by atoms with Crippen molar-refractivity contribution in [3.8, 4) is 0 Å². The zero-order chi connectivity index (χ0) is 52.0. The molecule has 71 heavy (non-hydrogen) atoms. The van der Waals surface area contributed by atoms with E-state index in [1.165, 1.54) is 83.5 Å². The fraction of sp³-hybridized carbons (Fsp3) is 0.694. The van der Waals surface area contributed by atoms with Gasteiger partial charge in [0.05, 0.1) is 40.3 Å². The van der Waals surface area contributed by atoms with Crippen LogP contribution in [0.2, 0.25) is 0 Å². The lowest BCUT2D eigenvalue weighted by molar-refractivity contribution is -0.870. The Bertz CT molecular complexity index is 1480. The number of aliphatic carboxylic acids is 1. The Morgan fingerprint density at radius 1 is 0.437 bits per heavy atom. The van der Waals surface area contributed by atoms with Gasteiger partial charge in [0.25, 0.3) is 0 Å². The van der Waals surface area contributed by atoms with E-state index in [2.05, 4.69) is 111 Å². The van der Waals surface area contributed by atoms with Crippen molar-refractivity contribution in [2.45, 2.75) is 232 Å². The standard InChI is InChI=1S/C62H105NO8/c1-6-8-10-12-14-16-18-20-22-24-26-27-28-29-30-31-32-33-35-37-39-41-43-45-47-49-51-53-60(65)71-58(57-70-62(61(66)67)68-55-54-63(3,4)5)56-69-59(64)52-50-48-46-44-42-40-38-36-34-25-23-21-19-17-15-13-11-9-7-2/h8,10,14-17,20-23,26-27,29-30,32-33,58,62H,6-7,9,11-13,18-19,24-25,28,31,34-57H2,1-5H3/b10-8-,16-14-,17-15-,22-20-,23-21-,27-26-,30-29-,33-32-. The molecule has 0 amide bonds. The summed E-state index contributed by atoms with van der Waals surface area (Å²) in [7, 11) is 5.91. The van der Waals surface area contributed by atoms with Crippen LogP contribution in [0.5, 0.6) is 0 Å². The van der Waals surface area contributed by atoms with Crippen molar-refractivity contribution in [3.63, 3.8) is 0 Å². The number of likely N-dealkylation sites (N-methyl/N-ethyl adjacent to an activating group) is 1. The van der Waals surface area contributed by atoms with Gasteiger partial charge in [-0.1, -0.05) is 207 Å². The second kappa shape index (κ2) is 52.5. The highest BCUT2D eigenvalue weighted by Crippen LogP contribution is 2.15. The monoisotopic (exact) mass is 992 g/mol. The van der Waals surface area contributed by atoms with Crippen LogP contribution in [0, 0.1) is 0 Å². The molecule has 0 aliphatic heterocycles. The summed E-state index contributed by atoms with van der Waals surface area (Å²) in [5, 5.41) is 11.8. The van der Waals surface area contributed by atoms with Crippen LogP contribution in [0.4, 0.5) is 0 Å². The van der Waals surface area contributed by atoms with Crippen LogP contribution in [-0.2, 0) is 33.3 Å². The first-order chi connectivity index (χ1) is 34.6. The van der Waals surface area contributed by atoms with Gasteiger partial charge in [-0.25, -0.2) is 0 Å². The van der Waals surface area contributed by atoms with Crippen molar-refractivity contribution in [3.05, 3.63) is 97.2 Å². The maximum Gasteiger partial charge on any atom is 0.306 e. The number of esters is 2. The Hall–Kier alpha value is -3.79. The fourth-order valence-corrected chi connectivity index (χ4v) is 7.45. The molecule has 0 saturated heterocycles. The van der Waals surface area contributed by atoms with Gasteiger partial charge in [-0.05, 0) is 96.3 Å². The van der Waals surface area contributed by atoms with Gasteiger partial charge in [0.2, 0.25) is 0 Å². The largest absolute Gasteiger partial charge is 0.545 e. The third kappa shape index (κ3) is 53.8. The van der Waals surface area contributed by atoms with Crippen LogP contribution < -0.4 is 5.11 Å². The number of quaternary nitrogens is 1. The Kier molecular flexibility index (Phi) is 49.7. The lowest BCUT2D eigenvalue weighted by atomic mass is 10.1. The first kappa shape index (κ1) is 67.2. The summed E-state index contributed by atoms with van der Waals surface area (Å²) in [6, 6.07) is 0. The smallest absolute Gasteiger partial charge is 0.306 e. The summed E-state index contributed by atoms with van der Waals surface area (Å²) in [4.78, 5) is 37.3. The fourth-order valence-electron chi connectivity index (χ4n) is 7.45. The molecule has 0 aromatic rings. The number of rotatable bonds is 51. The minimum atomic E-state index is -1.63. The Morgan fingerprint density at radius 2 is 0.803 bits per heavy atom. The number of carboxylic acid groups (broad SMARTS) is 1. The Labute approximate surface area is 435 Å². The van der Waals surface area contributed by atoms with Crippen LogP contribution in [0.3, 0.4) is 0 Å². The number of nitrogens with zero attached hydrogens (tertiary/aromatic N) is 1. The molecule has 9 heteroatoms. The van der Waals surface area contributed by atoms with Crippen LogP contribution in [-0.4, -0.2) is 82.3 Å². The van der Waals surface area contributed by atoms with Crippen molar-refractivity contribution in [2.75, 3.05) is 47.5 Å². The average Bonchev–Trinajstić information content (AvgIpc) is 3.34. The molecule has 0 radical (unpaired) electrons. The summed E-state index contributed by atoms with van der Waals surface area (Å²) in [6.07, 6.45) is 67.3. The molecule has 0 fully saturated rings. The summed E-state index contributed by atoms with van der Waals surface area (Å²) in [6.45, 7) is 4.59. The van der Waals surface area contributed by atoms with Gasteiger partial charge in [-0.2, -0.15) is 0 Å². The van der Waals surface area contributed by atoms with Crippen LogP contribution in [0.25, 0.3) is 0 Å². The number of ether oxygens (including phenoxy) is 4. The van der Waals surface area contributed by atoms with E-state index < -0.39 is 24.3 Å². The van der Waals surface area contributed by atoms with Crippen molar-refractivity contribution in [2.24, 2.45) is 0 Å². The number of carboxylic acids is 1. The van der Waals surface area contributed by atoms with E-state index in [1.54, 1.807) is 0 Å². The van der Waals surface area contributed by atoms with E-state index in [1.807, 2.05) is 21.1 Å². The molecule has 2 atom stereocenters. The number of allylic oxidation sites excluding steroid dienone is 16. The molecule has 2 unspecified atom stereocenters. The van der Waals surface area contributed by atoms with Crippen LogP contribution >= 0.6 is 0 Å². The third-order valence-corrected chi connectivity index (χ3v) is 11.8. The molecule has 9 nitrogen and oxygen atoms in total. The minimum Gasteiger partial charge on any atom is -0.545 e. The van der Waals surface area contributed by atoms with E-state index in [9.17, 15) is 19.5 Å². The van der Waals surface area contributed by atoms with Gasteiger partial charge >= 0.3 is 11.9 Å². The molecule has 0 spiro atoms. The predicted octanol–water partition coefficient (Wildman–Crippen LogP) is 15.2. The maximum absolute atomic E-state index is 12.9. The molecule has 0 bridgehead atoms. The van der Waals surface area contributed by atoms with Crippen LogP contribution in [0.1, 0.15) is 219 Å². The van der Waals surface area contributed by atoms with Crippen molar-refractivity contribution >= 4 is 17.9 Å². The number of carbonyl (C=O) groups is 3. The van der Waals surface area contributed by atoms with E-state index in [0.29, 0.717) is 17.4 Å². The van der Waals surface area contributed by atoms with E-state index >= 15 is 0 Å². The van der Waals surface area contributed by atoms with Crippen molar-refractivity contribution in [1.29, 1.82) is 0 Å². The third-order valence-electron chi connectivity index (χ3n) is 11.8. The Balaban J connectivity index is 4.31. The number of carbonyl (C=O) groups excluding carboxylic acids is 3. The van der Waals surface area contributed by atoms with Gasteiger partial charge in [0.15, 0.2) is 12.4 Å². The second-order valence-corrected chi connectivity index (χ2v) is 19.8. The summed E-state index contributed by atoms with van der Waals surface area (Å²) < 4.78 is 22.7. The molecule has 0 aliphatic carbocycles. The number of hydrogen-bond donors (Lipinski definition) is 0. The molecule has 0 N–H and O–H groups in total. The highest BCUT2D eigenvalue weighted by atomic mass is 16.7. The summed E-state index contributed by atoms with van der Waals surface area (Å²) >= 11 is 0. The SMILES string of the molecule is CC/C=C\C/C=C\C/C=C\C/C=C\C/C=C\C/C=C\CCCCCCCCCCC(=O)OC(COC(=O)CCCCCCCCCCC/C=C\C/C=C\CCCCC)COC(OCC[N+](C)(C)C)C(=O)[O-]. The topological polar surface area (TPSA) is 111 Å². The highest BCUT2D eigenvalue weighted by molar-refractivity contribution is 5.70. The lowest BCUT2D eigenvalue weighted by Crippen LogP contribution is -2.44. The van der Waals surface area contributed by atoms with Crippen molar-refractivity contribution in [1.82, 2.24) is 0 Å². The van der Waals surface area contributed by atoms with Crippen LogP contribution in [0.15, 0.2) is 97.2 Å². The van der Waals surface area contributed by atoms with E-state index in [0.717, 1.165) is 103 Å². The van der Waals surface area contributed by atoms with Gasteiger partial charge in [0.1, 0.15) is 13.2 Å². The molecular formula is C62H105NO8. The quantitative estimate of drug-likeness (QED) is 0.0195. The molecule has 0 saturated carbocycles. The molecule has 0 rings (SSSR count). The van der Waals surface area contributed by atoms with E-state index in [4.69, 9.17) is 18.9 Å². The highest BCUT2D eigenvalue weighted by Gasteiger charge is 2.22. The minimum absolute atomic E-state index is 0.140. The number of hydrogen-bond acceptors (Lipinski definition) is 8. The van der Waals surface area contributed by atoms with Gasteiger partial charge in [-0.15, -0.1) is 0 Å². The first-order valence-corrected chi connectivity index (χ1v) is 28.4. The van der Waals surface area contributed by atoms with Gasteiger partial charge in [0, 0.05) is 12.8 Å². The molecule has 0 aromatic carbocycles. The zero-order valence-electron chi connectivity index (χ0n) is 46.1. The zero-order valence-corrected chi connectivity index (χ0v) is 46.1. The summed E-state index contributed by atoms with van der Waals surface area (Å²) in [5.74, 6) is -2.31. The first-order valence-electron chi connectivity index (χ1n) is 28.4. The second-order valence-electron chi connectivity index (χ2n) is 19.8. The lowest BCUT2D eigenvalue weighted by Gasteiger charge is -2.26. The molecule has 0 heterocycles. The van der Waals surface area contributed by atoms with Gasteiger partial charge in [-0.3, -0.25) is 9.59 Å². The van der Waals surface area contributed by atoms with Gasteiger partial charge < -0.3 is 33.3 Å². The van der Waals surface area contributed by atoms with Crippen molar-refractivity contribution < 1.29 is 42.9 Å². The average molecular weight is 993 g/mol. The molecular weight excluding hydrogens is 887 g/mol. The normalized spacial score (nSPS) is 13.5. The number of unbranched alkanes of at least 4 members (excludes halogenated alkanes) is 20. The summed E-state index contributed by atoms with van der Waals surface area (Å²) in [5.41, 5.74) is 0. The predicted molar refractivity (Wildman–Crippen MR) is 297 cm³/mol. The molecule has 0 aromatic heterocycles.